The summed E-state index contributed by atoms with van der Waals surface area (Å²) in [4.78, 5) is 23.3. The molecular weight excluding hydrogens is 286 g/mol. The summed E-state index contributed by atoms with van der Waals surface area (Å²) in [7, 11) is 0. The molecule has 4 heteroatoms. The van der Waals surface area contributed by atoms with E-state index in [1.165, 1.54) is 6.42 Å². The Hall–Kier alpha value is -1.45. The Balaban J connectivity index is 2.77. The molecule has 1 aromatic heterocycles. The van der Waals surface area contributed by atoms with Crippen molar-refractivity contribution in [2.24, 2.45) is 11.8 Å². The Morgan fingerprint density at radius 2 is 1.65 bits per heavy atom. The number of nitrogens with zero attached hydrogens (tertiary/aromatic N) is 3. The molecule has 1 atom stereocenters. The van der Waals surface area contributed by atoms with Gasteiger partial charge in [0.05, 0.1) is 11.9 Å². The van der Waals surface area contributed by atoms with Crippen molar-refractivity contribution in [2.75, 3.05) is 6.54 Å². The van der Waals surface area contributed by atoms with E-state index in [2.05, 4.69) is 44.6 Å². The van der Waals surface area contributed by atoms with Crippen molar-refractivity contribution in [3.8, 4) is 0 Å². The maximum absolute atomic E-state index is 12.8. The highest BCUT2D eigenvalue weighted by Gasteiger charge is 2.22. The summed E-state index contributed by atoms with van der Waals surface area (Å²) in [5.41, 5.74) is 1.29. The largest absolute Gasteiger partial charge is 0.335 e. The van der Waals surface area contributed by atoms with Gasteiger partial charge in [0.2, 0.25) is 0 Å². The number of carbonyl (C=O) groups excluding carboxylic acids is 1. The third-order valence-corrected chi connectivity index (χ3v) is 4.14. The predicted molar refractivity (Wildman–Crippen MR) is 95.4 cm³/mol. The molecule has 0 fully saturated rings. The molecule has 1 rings (SSSR count). The topological polar surface area (TPSA) is 46.1 Å². The number of carbonyl (C=O) groups is 1. The van der Waals surface area contributed by atoms with Gasteiger partial charge in [-0.1, -0.05) is 40.5 Å². The van der Waals surface area contributed by atoms with Crippen LogP contribution < -0.4 is 0 Å². The summed E-state index contributed by atoms with van der Waals surface area (Å²) in [5.74, 6) is 1.30. The average Bonchev–Trinajstić information content (AvgIpc) is 2.47. The summed E-state index contributed by atoms with van der Waals surface area (Å²) in [6, 6.07) is 0.239. The molecule has 1 heterocycles. The first-order valence-electron chi connectivity index (χ1n) is 8.90. The van der Waals surface area contributed by atoms with Crippen LogP contribution >= 0.6 is 0 Å². The lowest BCUT2D eigenvalue weighted by atomic mass is 10.0. The molecular formula is C19H33N3O. The van der Waals surface area contributed by atoms with Crippen molar-refractivity contribution in [2.45, 2.75) is 73.3 Å². The molecule has 0 bridgehead atoms. The molecule has 0 N–H and O–H groups in total. The molecule has 0 saturated heterocycles. The van der Waals surface area contributed by atoms with Crippen LogP contribution in [-0.4, -0.2) is 33.4 Å². The molecule has 0 saturated carbocycles. The minimum absolute atomic E-state index is 0.00944. The predicted octanol–water partition coefficient (Wildman–Crippen LogP) is 4.49. The Kier molecular flexibility index (Phi) is 8.21. The lowest BCUT2D eigenvalue weighted by Gasteiger charge is -2.30. The standard InChI is InChI=1S/C19H33N3O/c1-14(2)8-7-9-17(6)22(11-10-15(3)4)19(23)18-13-20-16(5)12-21-18/h12-15,17H,7-11H2,1-6H3. The molecule has 0 aliphatic heterocycles. The van der Waals surface area contributed by atoms with Crippen LogP contribution in [0.25, 0.3) is 0 Å². The minimum atomic E-state index is 0.00944. The third kappa shape index (κ3) is 7.10. The lowest BCUT2D eigenvalue weighted by molar-refractivity contribution is 0.0665. The van der Waals surface area contributed by atoms with Gasteiger partial charge in [0.1, 0.15) is 5.69 Å². The number of aromatic nitrogens is 2. The first-order chi connectivity index (χ1) is 10.8. The summed E-state index contributed by atoms with van der Waals surface area (Å²) in [5, 5.41) is 0. The number of hydrogen-bond acceptors (Lipinski definition) is 3. The fourth-order valence-corrected chi connectivity index (χ4v) is 2.55. The van der Waals surface area contributed by atoms with Gasteiger partial charge in [-0.3, -0.25) is 9.78 Å². The molecule has 0 spiro atoms. The highest BCUT2D eigenvalue weighted by Crippen LogP contribution is 2.16. The van der Waals surface area contributed by atoms with Crippen LogP contribution in [0.1, 0.15) is 76.5 Å². The average molecular weight is 319 g/mol. The second-order valence-electron chi connectivity index (χ2n) is 7.40. The van der Waals surface area contributed by atoms with Gasteiger partial charge in [0.15, 0.2) is 0 Å². The van der Waals surface area contributed by atoms with Gasteiger partial charge in [-0.25, -0.2) is 4.98 Å². The Labute approximate surface area is 141 Å². The first kappa shape index (κ1) is 19.6. The van der Waals surface area contributed by atoms with Gasteiger partial charge in [-0.05, 0) is 38.5 Å². The van der Waals surface area contributed by atoms with Crippen LogP contribution in [0.2, 0.25) is 0 Å². The molecule has 0 aliphatic rings. The third-order valence-electron chi connectivity index (χ3n) is 4.14. The van der Waals surface area contributed by atoms with E-state index >= 15 is 0 Å². The summed E-state index contributed by atoms with van der Waals surface area (Å²) < 4.78 is 0. The van der Waals surface area contributed by atoms with Gasteiger partial charge in [-0.2, -0.15) is 0 Å². The quantitative estimate of drug-likeness (QED) is 0.674. The summed E-state index contributed by atoms with van der Waals surface area (Å²) in [6.45, 7) is 13.7. The van der Waals surface area contributed by atoms with E-state index in [4.69, 9.17) is 0 Å². The maximum Gasteiger partial charge on any atom is 0.274 e. The molecule has 4 nitrogen and oxygen atoms in total. The van der Waals surface area contributed by atoms with Crippen molar-refractivity contribution in [1.82, 2.24) is 14.9 Å². The fraction of sp³-hybridized carbons (Fsp3) is 0.737. The van der Waals surface area contributed by atoms with Crippen molar-refractivity contribution in [3.05, 3.63) is 23.8 Å². The van der Waals surface area contributed by atoms with Crippen molar-refractivity contribution in [1.29, 1.82) is 0 Å². The lowest BCUT2D eigenvalue weighted by Crippen LogP contribution is -2.40. The first-order valence-corrected chi connectivity index (χ1v) is 8.90. The van der Waals surface area contributed by atoms with E-state index in [1.54, 1.807) is 12.4 Å². The van der Waals surface area contributed by atoms with Crippen LogP contribution in [0.4, 0.5) is 0 Å². The molecule has 23 heavy (non-hydrogen) atoms. The molecule has 0 aliphatic carbocycles. The zero-order valence-electron chi connectivity index (χ0n) is 15.7. The van der Waals surface area contributed by atoms with Crippen LogP contribution in [-0.2, 0) is 0 Å². The number of amides is 1. The molecule has 0 aromatic carbocycles. The maximum atomic E-state index is 12.8. The zero-order valence-corrected chi connectivity index (χ0v) is 15.7. The van der Waals surface area contributed by atoms with E-state index in [0.717, 1.165) is 31.5 Å². The van der Waals surface area contributed by atoms with Crippen LogP contribution in [0.3, 0.4) is 0 Å². The van der Waals surface area contributed by atoms with Crippen molar-refractivity contribution in [3.63, 3.8) is 0 Å². The number of hydrogen-bond donors (Lipinski definition) is 0. The van der Waals surface area contributed by atoms with E-state index in [1.807, 2.05) is 11.8 Å². The van der Waals surface area contributed by atoms with Gasteiger partial charge in [0.25, 0.3) is 5.91 Å². The molecule has 1 amide bonds. The molecule has 0 radical (unpaired) electrons. The molecule has 1 unspecified atom stereocenters. The summed E-state index contributed by atoms with van der Waals surface area (Å²) in [6.07, 6.45) is 7.68. The normalized spacial score (nSPS) is 12.7. The number of rotatable bonds is 9. The minimum Gasteiger partial charge on any atom is -0.335 e. The van der Waals surface area contributed by atoms with Gasteiger partial charge in [0, 0.05) is 18.8 Å². The highest BCUT2D eigenvalue weighted by atomic mass is 16.2. The van der Waals surface area contributed by atoms with E-state index in [0.29, 0.717) is 17.5 Å². The number of aryl methyl sites for hydroxylation is 1. The van der Waals surface area contributed by atoms with Crippen LogP contribution in [0, 0.1) is 18.8 Å². The fourth-order valence-electron chi connectivity index (χ4n) is 2.55. The van der Waals surface area contributed by atoms with Crippen LogP contribution in [0.15, 0.2) is 12.4 Å². The van der Waals surface area contributed by atoms with Gasteiger partial charge >= 0.3 is 0 Å². The second kappa shape index (κ2) is 9.64. The van der Waals surface area contributed by atoms with Crippen molar-refractivity contribution >= 4 is 5.91 Å². The zero-order chi connectivity index (χ0) is 17.4. The Morgan fingerprint density at radius 3 is 2.17 bits per heavy atom. The Morgan fingerprint density at radius 1 is 1.00 bits per heavy atom. The van der Waals surface area contributed by atoms with Crippen molar-refractivity contribution < 1.29 is 4.79 Å². The Bertz CT molecular complexity index is 468. The van der Waals surface area contributed by atoms with Gasteiger partial charge in [-0.15, -0.1) is 0 Å². The monoisotopic (exact) mass is 319 g/mol. The van der Waals surface area contributed by atoms with Gasteiger partial charge < -0.3 is 4.90 Å². The highest BCUT2D eigenvalue weighted by molar-refractivity contribution is 5.92. The SMILES string of the molecule is Cc1cnc(C(=O)N(CCC(C)C)C(C)CCCC(C)C)cn1. The van der Waals surface area contributed by atoms with Crippen LogP contribution in [0.5, 0.6) is 0 Å². The molecule has 1 aromatic rings. The van der Waals surface area contributed by atoms with E-state index in [9.17, 15) is 4.79 Å². The van der Waals surface area contributed by atoms with E-state index in [-0.39, 0.29) is 11.9 Å². The smallest absolute Gasteiger partial charge is 0.274 e. The second-order valence-corrected chi connectivity index (χ2v) is 7.40. The molecule has 130 valence electrons. The van der Waals surface area contributed by atoms with E-state index < -0.39 is 0 Å². The summed E-state index contributed by atoms with van der Waals surface area (Å²) >= 11 is 0.